The Kier molecular flexibility index (Phi) is 9.80. The summed E-state index contributed by atoms with van der Waals surface area (Å²) in [5, 5.41) is 6.83. The lowest BCUT2D eigenvalue weighted by molar-refractivity contribution is -0.143. The average molecular weight is 507 g/mol. The fourth-order valence-electron chi connectivity index (χ4n) is 2.63. The lowest BCUT2D eigenvalue weighted by Gasteiger charge is -2.19. The zero-order valence-electron chi connectivity index (χ0n) is 14.4. The van der Waals surface area contributed by atoms with Crippen LogP contribution in [0.1, 0.15) is 6.42 Å². The molecule has 10 heteroatoms. The van der Waals surface area contributed by atoms with Crippen LogP contribution in [0, 0.1) is 0 Å². The highest BCUT2D eigenvalue weighted by Gasteiger charge is 2.34. The summed E-state index contributed by atoms with van der Waals surface area (Å²) in [6, 6.07) is 7.05. The molecule has 1 unspecified atom stereocenters. The van der Waals surface area contributed by atoms with Gasteiger partial charge in [0.25, 0.3) is 0 Å². The standard InChI is InChI=1S/C16H22ClF3N4O.HI/c1-21-15(22-6-8-25-14-4-2-3-12(17)9-14)23-13-5-7-24(10-13)11-16(18,19)20;/h2-4,9,13H,5-8,10-11H2,1H3,(H2,21,22,23);1H. The molecular formula is C16H23ClF3IN4O. The van der Waals surface area contributed by atoms with Gasteiger partial charge >= 0.3 is 6.18 Å². The van der Waals surface area contributed by atoms with Crippen LogP contribution in [0.4, 0.5) is 13.2 Å². The van der Waals surface area contributed by atoms with Crippen molar-refractivity contribution in [3.05, 3.63) is 29.3 Å². The molecule has 0 aromatic heterocycles. The maximum atomic E-state index is 12.4. The van der Waals surface area contributed by atoms with Crippen LogP contribution in [0.3, 0.4) is 0 Å². The van der Waals surface area contributed by atoms with E-state index in [1.54, 1.807) is 25.2 Å². The van der Waals surface area contributed by atoms with E-state index in [1.165, 1.54) is 4.90 Å². The molecule has 1 aromatic carbocycles. The number of rotatable bonds is 6. The molecule has 26 heavy (non-hydrogen) atoms. The van der Waals surface area contributed by atoms with Crippen molar-refractivity contribution in [2.24, 2.45) is 4.99 Å². The lowest BCUT2D eigenvalue weighted by atomic mass is 10.3. The molecular weight excluding hydrogens is 484 g/mol. The van der Waals surface area contributed by atoms with Crippen molar-refractivity contribution in [1.82, 2.24) is 15.5 Å². The van der Waals surface area contributed by atoms with Crippen LogP contribution in [0.15, 0.2) is 29.3 Å². The van der Waals surface area contributed by atoms with Crippen LogP contribution >= 0.6 is 35.6 Å². The van der Waals surface area contributed by atoms with Gasteiger partial charge in [-0.05, 0) is 24.6 Å². The highest BCUT2D eigenvalue weighted by atomic mass is 127. The van der Waals surface area contributed by atoms with Crippen LogP contribution in [-0.2, 0) is 0 Å². The molecule has 0 aliphatic carbocycles. The first-order valence-electron chi connectivity index (χ1n) is 8.00. The van der Waals surface area contributed by atoms with Gasteiger partial charge in [0.2, 0.25) is 0 Å². The Labute approximate surface area is 173 Å². The normalized spacial score (nSPS) is 18.3. The first-order valence-corrected chi connectivity index (χ1v) is 8.38. The van der Waals surface area contributed by atoms with E-state index in [9.17, 15) is 13.2 Å². The average Bonchev–Trinajstić information content (AvgIpc) is 2.95. The Morgan fingerprint density at radius 2 is 2.19 bits per heavy atom. The monoisotopic (exact) mass is 506 g/mol. The number of likely N-dealkylation sites (tertiary alicyclic amines) is 1. The number of hydrogen-bond donors (Lipinski definition) is 2. The fraction of sp³-hybridized carbons (Fsp3) is 0.562. The molecule has 1 atom stereocenters. The molecule has 1 saturated heterocycles. The predicted molar refractivity (Wildman–Crippen MR) is 108 cm³/mol. The SMILES string of the molecule is CN=C(NCCOc1cccc(Cl)c1)NC1CCN(CC(F)(F)F)C1.I. The van der Waals surface area contributed by atoms with Crippen molar-refractivity contribution in [3.63, 3.8) is 0 Å². The van der Waals surface area contributed by atoms with Crippen LogP contribution < -0.4 is 15.4 Å². The van der Waals surface area contributed by atoms with Crippen molar-refractivity contribution in [3.8, 4) is 5.75 Å². The molecule has 0 amide bonds. The van der Waals surface area contributed by atoms with Gasteiger partial charge in [0.1, 0.15) is 12.4 Å². The minimum Gasteiger partial charge on any atom is -0.492 e. The Morgan fingerprint density at radius 3 is 2.85 bits per heavy atom. The van der Waals surface area contributed by atoms with Crippen molar-refractivity contribution in [2.45, 2.75) is 18.6 Å². The number of aliphatic imine (C=N–C) groups is 1. The Morgan fingerprint density at radius 1 is 1.42 bits per heavy atom. The summed E-state index contributed by atoms with van der Waals surface area (Å²) in [6.45, 7) is 0.813. The number of benzene rings is 1. The summed E-state index contributed by atoms with van der Waals surface area (Å²) in [7, 11) is 1.62. The Bertz CT molecular complexity index is 589. The first-order chi connectivity index (χ1) is 11.9. The molecule has 1 fully saturated rings. The maximum Gasteiger partial charge on any atom is 0.401 e. The van der Waals surface area contributed by atoms with E-state index in [4.69, 9.17) is 16.3 Å². The molecule has 1 aliphatic heterocycles. The van der Waals surface area contributed by atoms with Crippen LogP contribution in [-0.4, -0.2) is 62.9 Å². The van der Waals surface area contributed by atoms with Gasteiger partial charge in [0.15, 0.2) is 5.96 Å². The van der Waals surface area contributed by atoms with Gasteiger partial charge in [-0.15, -0.1) is 24.0 Å². The second-order valence-corrected chi connectivity index (χ2v) is 6.22. The number of halogens is 5. The van der Waals surface area contributed by atoms with Crippen molar-refractivity contribution >= 4 is 41.5 Å². The quantitative estimate of drug-likeness (QED) is 0.269. The third kappa shape index (κ3) is 8.63. The summed E-state index contributed by atoms with van der Waals surface area (Å²) < 4.78 is 42.8. The smallest absolute Gasteiger partial charge is 0.401 e. The van der Waals surface area contributed by atoms with Crippen LogP contribution in [0.5, 0.6) is 5.75 Å². The van der Waals surface area contributed by atoms with Gasteiger partial charge in [-0.3, -0.25) is 9.89 Å². The minimum absolute atomic E-state index is 0. The van der Waals surface area contributed by atoms with Crippen LogP contribution in [0.25, 0.3) is 0 Å². The Hall–Kier alpha value is -0.940. The molecule has 2 rings (SSSR count). The zero-order valence-corrected chi connectivity index (χ0v) is 17.4. The Balaban J connectivity index is 0.00000338. The second kappa shape index (κ2) is 11.0. The fourth-order valence-corrected chi connectivity index (χ4v) is 2.81. The molecule has 5 nitrogen and oxygen atoms in total. The van der Waals surface area contributed by atoms with Crippen molar-refractivity contribution in [2.75, 3.05) is 39.8 Å². The molecule has 1 aliphatic rings. The summed E-state index contributed by atoms with van der Waals surface area (Å²) >= 11 is 5.88. The number of ether oxygens (including phenoxy) is 1. The maximum absolute atomic E-state index is 12.4. The van der Waals surface area contributed by atoms with Gasteiger partial charge in [0.05, 0.1) is 13.1 Å². The van der Waals surface area contributed by atoms with E-state index in [0.29, 0.717) is 49.4 Å². The lowest BCUT2D eigenvalue weighted by Crippen LogP contribution is -2.46. The van der Waals surface area contributed by atoms with E-state index in [-0.39, 0.29) is 30.0 Å². The van der Waals surface area contributed by atoms with E-state index in [2.05, 4.69) is 15.6 Å². The highest BCUT2D eigenvalue weighted by molar-refractivity contribution is 14.0. The largest absolute Gasteiger partial charge is 0.492 e. The van der Waals surface area contributed by atoms with E-state index < -0.39 is 12.7 Å². The van der Waals surface area contributed by atoms with Gasteiger partial charge in [-0.25, -0.2) is 0 Å². The number of guanidine groups is 1. The number of nitrogens with zero attached hydrogens (tertiary/aromatic N) is 2. The van der Waals surface area contributed by atoms with Crippen LogP contribution in [0.2, 0.25) is 5.02 Å². The summed E-state index contributed by atoms with van der Waals surface area (Å²) in [5.41, 5.74) is 0. The molecule has 0 bridgehead atoms. The molecule has 0 saturated carbocycles. The molecule has 148 valence electrons. The van der Waals surface area contributed by atoms with Crippen molar-refractivity contribution < 1.29 is 17.9 Å². The summed E-state index contributed by atoms with van der Waals surface area (Å²) in [4.78, 5) is 5.48. The van der Waals surface area contributed by atoms with Gasteiger partial charge in [-0.2, -0.15) is 13.2 Å². The minimum atomic E-state index is -4.16. The van der Waals surface area contributed by atoms with E-state index >= 15 is 0 Å². The molecule has 0 spiro atoms. The predicted octanol–water partition coefficient (Wildman–Crippen LogP) is 3.14. The third-order valence-corrected chi connectivity index (χ3v) is 3.93. The summed E-state index contributed by atoms with van der Waals surface area (Å²) in [5.74, 6) is 1.23. The number of hydrogen-bond acceptors (Lipinski definition) is 3. The first kappa shape index (κ1) is 23.1. The topological polar surface area (TPSA) is 48.9 Å². The number of alkyl halides is 3. The second-order valence-electron chi connectivity index (χ2n) is 5.79. The third-order valence-electron chi connectivity index (χ3n) is 3.70. The van der Waals surface area contributed by atoms with Crippen molar-refractivity contribution in [1.29, 1.82) is 0 Å². The molecule has 2 N–H and O–H groups in total. The van der Waals surface area contributed by atoms with Gasteiger partial charge in [-0.1, -0.05) is 17.7 Å². The molecule has 0 radical (unpaired) electrons. The molecule has 1 aromatic rings. The zero-order chi connectivity index (χ0) is 18.3. The van der Waals surface area contributed by atoms with Gasteiger partial charge in [0, 0.05) is 31.2 Å². The molecule has 1 heterocycles. The number of nitrogens with one attached hydrogen (secondary N) is 2. The van der Waals surface area contributed by atoms with E-state index in [0.717, 1.165) is 0 Å². The van der Waals surface area contributed by atoms with Gasteiger partial charge < -0.3 is 15.4 Å². The summed E-state index contributed by atoms with van der Waals surface area (Å²) in [6.07, 6.45) is -3.51. The van der Waals surface area contributed by atoms with E-state index in [1.807, 2.05) is 6.07 Å². The highest BCUT2D eigenvalue weighted by Crippen LogP contribution is 2.20.